The van der Waals surface area contributed by atoms with Gasteiger partial charge < -0.3 is 4.74 Å². The molecule has 0 aliphatic heterocycles. The Morgan fingerprint density at radius 1 is 1.15 bits per heavy atom. The normalized spacial score (nSPS) is 11.9. The van der Waals surface area contributed by atoms with Crippen LogP contribution in [0.2, 0.25) is 5.02 Å². The molecule has 0 radical (unpaired) electrons. The van der Waals surface area contributed by atoms with E-state index in [1.807, 2.05) is 4.72 Å². The zero-order chi connectivity index (χ0) is 19.5. The van der Waals surface area contributed by atoms with Crippen LogP contribution in [0, 0.1) is 0 Å². The van der Waals surface area contributed by atoms with Crippen LogP contribution in [0.4, 0.5) is 18.9 Å². The van der Waals surface area contributed by atoms with Crippen LogP contribution in [-0.2, 0) is 26.7 Å². The summed E-state index contributed by atoms with van der Waals surface area (Å²) in [5.41, 5.74) is -0.828. The molecule has 0 atom stereocenters. The van der Waals surface area contributed by atoms with Crippen molar-refractivity contribution in [2.45, 2.75) is 11.9 Å². The standard InChI is InChI=1S/C16H13ClF3NO4S/c1-25-15(22)11-4-2-10(3-5-11)9-26(23,24)21-14-8-12(16(18,19)20)6-7-13(14)17/h2-8,21H,9H2,1H3. The molecule has 0 aliphatic carbocycles. The van der Waals surface area contributed by atoms with Gasteiger partial charge in [-0.05, 0) is 35.9 Å². The number of ether oxygens (including phenoxy) is 1. The molecule has 2 rings (SSSR count). The van der Waals surface area contributed by atoms with E-state index in [0.29, 0.717) is 11.6 Å². The van der Waals surface area contributed by atoms with Crippen molar-refractivity contribution in [3.8, 4) is 0 Å². The summed E-state index contributed by atoms with van der Waals surface area (Å²) < 4.78 is 69.3. The number of esters is 1. The number of rotatable bonds is 5. The van der Waals surface area contributed by atoms with Gasteiger partial charge in [0.25, 0.3) is 0 Å². The smallest absolute Gasteiger partial charge is 0.416 e. The maximum atomic E-state index is 12.8. The molecule has 1 N–H and O–H groups in total. The van der Waals surface area contributed by atoms with Gasteiger partial charge in [-0.25, -0.2) is 13.2 Å². The lowest BCUT2D eigenvalue weighted by atomic mass is 10.1. The van der Waals surface area contributed by atoms with Crippen molar-refractivity contribution in [3.63, 3.8) is 0 Å². The molecule has 0 spiro atoms. The molecular weight excluding hydrogens is 395 g/mol. The number of methoxy groups -OCH3 is 1. The number of hydrogen-bond acceptors (Lipinski definition) is 4. The van der Waals surface area contributed by atoms with E-state index < -0.39 is 33.5 Å². The molecule has 0 unspecified atom stereocenters. The summed E-state index contributed by atoms with van der Waals surface area (Å²) >= 11 is 5.78. The topological polar surface area (TPSA) is 72.5 Å². The number of carbonyl (C=O) groups excluding carboxylic acids is 1. The van der Waals surface area contributed by atoms with E-state index in [2.05, 4.69) is 4.74 Å². The first-order valence-corrected chi connectivity index (χ1v) is 9.09. The van der Waals surface area contributed by atoms with Gasteiger partial charge in [0, 0.05) is 0 Å². The minimum absolute atomic E-state index is 0.164. The Bertz CT molecular complexity index is 912. The van der Waals surface area contributed by atoms with Crippen molar-refractivity contribution in [1.82, 2.24) is 0 Å². The Morgan fingerprint density at radius 2 is 1.77 bits per heavy atom. The fourth-order valence-corrected chi connectivity index (χ4v) is 3.49. The Balaban J connectivity index is 2.20. The van der Waals surface area contributed by atoms with E-state index in [0.717, 1.165) is 12.1 Å². The summed E-state index contributed by atoms with van der Waals surface area (Å²) in [7, 11) is -2.82. The number of nitrogens with one attached hydrogen (secondary N) is 1. The summed E-state index contributed by atoms with van der Waals surface area (Å²) in [4.78, 5) is 11.3. The molecule has 26 heavy (non-hydrogen) atoms. The van der Waals surface area contributed by atoms with E-state index in [1.165, 1.54) is 31.4 Å². The minimum atomic E-state index is -4.63. The van der Waals surface area contributed by atoms with Crippen molar-refractivity contribution in [2.24, 2.45) is 0 Å². The Hall–Kier alpha value is -2.26. The number of halogens is 4. The predicted molar refractivity (Wildman–Crippen MR) is 90.5 cm³/mol. The van der Waals surface area contributed by atoms with Gasteiger partial charge in [-0.15, -0.1) is 0 Å². The van der Waals surface area contributed by atoms with Crippen LogP contribution < -0.4 is 4.72 Å². The highest BCUT2D eigenvalue weighted by Gasteiger charge is 2.31. The van der Waals surface area contributed by atoms with Gasteiger partial charge in [0.2, 0.25) is 10.0 Å². The molecule has 2 aromatic carbocycles. The van der Waals surface area contributed by atoms with Crippen LogP contribution in [0.1, 0.15) is 21.5 Å². The van der Waals surface area contributed by atoms with Crippen LogP contribution in [-0.4, -0.2) is 21.5 Å². The average molecular weight is 408 g/mol. The van der Waals surface area contributed by atoms with Crippen LogP contribution in [0.25, 0.3) is 0 Å². The van der Waals surface area contributed by atoms with Crippen LogP contribution in [0.5, 0.6) is 0 Å². The fraction of sp³-hybridized carbons (Fsp3) is 0.188. The highest BCUT2D eigenvalue weighted by Crippen LogP contribution is 2.34. The largest absolute Gasteiger partial charge is 0.465 e. The lowest BCUT2D eigenvalue weighted by molar-refractivity contribution is -0.137. The minimum Gasteiger partial charge on any atom is -0.465 e. The molecule has 0 bridgehead atoms. The molecule has 2 aromatic rings. The number of alkyl halides is 3. The predicted octanol–water partition coefficient (Wildman–Crippen LogP) is 4.09. The zero-order valence-electron chi connectivity index (χ0n) is 13.3. The quantitative estimate of drug-likeness (QED) is 0.758. The maximum Gasteiger partial charge on any atom is 0.416 e. The fourth-order valence-electron chi connectivity index (χ4n) is 2.06. The zero-order valence-corrected chi connectivity index (χ0v) is 14.9. The van der Waals surface area contributed by atoms with E-state index >= 15 is 0 Å². The van der Waals surface area contributed by atoms with Crippen molar-refractivity contribution in [3.05, 3.63) is 64.2 Å². The first-order valence-electron chi connectivity index (χ1n) is 7.06. The Labute approximate surface area is 152 Å². The SMILES string of the molecule is COC(=O)c1ccc(CS(=O)(=O)Nc2cc(C(F)(F)F)ccc2Cl)cc1. The number of anilines is 1. The summed E-state index contributed by atoms with van der Waals surface area (Å²) in [6.45, 7) is 0. The van der Waals surface area contributed by atoms with Crippen LogP contribution in [0.3, 0.4) is 0 Å². The third-order valence-corrected chi connectivity index (χ3v) is 4.86. The molecule has 5 nitrogen and oxygen atoms in total. The molecule has 0 fully saturated rings. The third kappa shape index (κ3) is 5.12. The van der Waals surface area contributed by atoms with Crippen LogP contribution in [0.15, 0.2) is 42.5 Å². The lowest BCUT2D eigenvalue weighted by Crippen LogP contribution is -2.16. The second kappa shape index (κ2) is 7.55. The van der Waals surface area contributed by atoms with Gasteiger partial charge in [-0.3, -0.25) is 4.72 Å². The van der Waals surface area contributed by atoms with Crippen molar-refractivity contribution in [1.29, 1.82) is 0 Å². The first-order chi connectivity index (χ1) is 12.0. The summed E-state index contributed by atoms with van der Waals surface area (Å²) in [6, 6.07) is 7.92. The highest BCUT2D eigenvalue weighted by atomic mass is 35.5. The number of sulfonamides is 1. The molecule has 0 aliphatic rings. The summed E-state index contributed by atoms with van der Waals surface area (Å²) in [5.74, 6) is -1.09. The Kier molecular flexibility index (Phi) is 5.82. The summed E-state index contributed by atoms with van der Waals surface area (Å²) in [5, 5.41) is -0.164. The van der Waals surface area contributed by atoms with Gasteiger partial charge in [0.1, 0.15) is 0 Å². The van der Waals surface area contributed by atoms with E-state index in [9.17, 15) is 26.4 Å². The second-order valence-corrected chi connectivity index (χ2v) is 7.37. The Morgan fingerprint density at radius 3 is 2.31 bits per heavy atom. The molecule has 0 saturated carbocycles. The molecule has 0 heterocycles. The first kappa shape index (κ1) is 20.1. The van der Waals surface area contributed by atoms with Crippen molar-refractivity contribution < 1.29 is 31.1 Å². The highest BCUT2D eigenvalue weighted by molar-refractivity contribution is 7.91. The molecule has 0 saturated heterocycles. The van der Waals surface area contributed by atoms with Gasteiger partial charge in [0.05, 0.1) is 34.7 Å². The number of hydrogen-bond donors (Lipinski definition) is 1. The van der Waals surface area contributed by atoms with E-state index in [4.69, 9.17) is 11.6 Å². The van der Waals surface area contributed by atoms with Crippen molar-refractivity contribution >= 4 is 33.3 Å². The molecule has 140 valence electrons. The second-order valence-electron chi connectivity index (χ2n) is 5.24. The average Bonchev–Trinajstić information content (AvgIpc) is 2.55. The van der Waals surface area contributed by atoms with E-state index in [-0.39, 0.29) is 16.3 Å². The summed E-state index contributed by atoms with van der Waals surface area (Å²) in [6.07, 6.45) is -4.63. The van der Waals surface area contributed by atoms with Gasteiger partial charge in [0.15, 0.2) is 0 Å². The maximum absolute atomic E-state index is 12.8. The molecule has 10 heteroatoms. The van der Waals surface area contributed by atoms with Crippen LogP contribution >= 0.6 is 11.6 Å². The van der Waals surface area contributed by atoms with Crippen molar-refractivity contribution in [2.75, 3.05) is 11.8 Å². The molecule has 0 aromatic heterocycles. The van der Waals surface area contributed by atoms with Gasteiger partial charge >= 0.3 is 12.1 Å². The monoisotopic (exact) mass is 407 g/mol. The number of benzene rings is 2. The molecular formula is C16H13ClF3NO4S. The van der Waals surface area contributed by atoms with Gasteiger partial charge in [-0.2, -0.15) is 13.2 Å². The third-order valence-electron chi connectivity index (χ3n) is 3.29. The van der Waals surface area contributed by atoms with E-state index in [1.54, 1.807) is 0 Å². The number of carbonyl (C=O) groups is 1. The lowest BCUT2D eigenvalue weighted by Gasteiger charge is -2.13. The van der Waals surface area contributed by atoms with Gasteiger partial charge in [-0.1, -0.05) is 23.7 Å². The molecule has 0 amide bonds.